The van der Waals surface area contributed by atoms with Crippen LogP contribution < -0.4 is 5.32 Å². The molecule has 0 amide bonds. The van der Waals surface area contributed by atoms with Crippen LogP contribution in [0.4, 0.5) is 8.78 Å². The maximum atomic E-state index is 13.3. The summed E-state index contributed by atoms with van der Waals surface area (Å²) in [5, 5.41) is 12.8. The molecule has 3 rings (SSSR count). The van der Waals surface area contributed by atoms with Gasteiger partial charge in [-0.25, -0.2) is 8.78 Å². The lowest BCUT2D eigenvalue weighted by Gasteiger charge is -2.35. The normalized spacial score (nSPS) is 18.4. The SMILES string of the molecule is OCC1CNCCN1CCCC(c1ccc(F)cc1)c1ccc(F)cc1. The third kappa shape index (κ3) is 4.87. The lowest BCUT2D eigenvalue weighted by atomic mass is 9.87. The van der Waals surface area contributed by atoms with Gasteiger partial charge in [0.05, 0.1) is 6.61 Å². The molecular formula is C21H26F2N2O. The highest BCUT2D eigenvalue weighted by Crippen LogP contribution is 2.30. The van der Waals surface area contributed by atoms with Gasteiger partial charge >= 0.3 is 0 Å². The number of halogens is 2. The van der Waals surface area contributed by atoms with E-state index in [2.05, 4.69) is 10.2 Å². The molecule has 3 nitrogen and oxygen atoms in total. The molecule has 2 aromatic rings. The molecule has 1 unspecified atom stereocenters. The quantitative estimate of drug-likeness (QED) is 0.796. The summed E-state index contributed by atoms with van der Waals surface area (Å²) in [5.41, 5.74) is 2.08. The molecule has 1 aliphatic rings. The van der Waals surface area contributed by atoms with E-state index in [1.54, 1.807) is 0 Å². The maximum Gasteiger partial charge on any atom is 0.123 e. The van der Waals surface area contributed by atoms with Crippen molar-refractivity contribution in [3.8, 4) is 0 Å². The number of piperazine rings is 1. The van der Waals surface area contributed by atoms with Gasteiger partial charge in [0.1, 0.15) is 11.6 Å². The highest BCUT2D eigenvalue weighted by molar-refractivity contribution is 5.32. The summed E-state index contributed by atoms with van der Waals surface area (Å²) in [4.78, 5) is 2.32. The molecule has 0 saturated carbocycles. The van der Waals surface area contributed by atoms with Crippen LogP contribution in [0.1, 0.15) is 29.9 Å². The van der Waals surface area contributed by atoms with E-state index in [9.17, 15) is 13.9 Å². The number of aliphatic hydroxyl groups is 1. The second kappa shape index (κ2) is 9.21. The molecule has 26 heavy (non-hydrogen) atoms. The van der Waals surface area contributed by atoms with Crippen LogP contribution in [0.2, 0.25) is 0 Å². The average molecular weight is 360 g/mol. The summed E-state index contributed by atoms with van der Waals surface area (Å²) in [6.45, 7) is 3.76. The van der Waals surface area contributed by atoms with E-state index in [1.165, 1.54) is 24.3 Å². The average Bonchev–Trinajstić information content (AvgIpc) is 2.67. The minimum atomic E-state index is -0.252. The van der Waals surface area contributed by atoms with Gasteiger partial charge in [-0.3, -0.25) is 4.90 Å². The van der Waals surface area contributed by atoms with Crippen molar-refractivity contribution in [2.45, 2.75) is 24.8 Å². The first-order chi connectivity index (χ1) is 12.7. The van der Waals surface area contributed by atoms with Gasteiger partial charge in [-0.05, 0) is 54.8 Å². The molecule has 140 valence electrons. The molecule has 0 bridgehead atoms. The molecule has 5 heteroatoms. The maximum absolute atomic E-state index is 13.3. The minimum Gasteiger partial charge on any atom is -0.395 e. The van der Waals surface area contributed by atoms with E-state index in [-0.39, 0.29) is 30.2 Å². The zero-order valence-electron chi connectivity index (χ0n) is 14.9. The molecule has 1 aliphatic heterocycles. The Morgan fingerprint density at radius 3 is 2.12 bits per heavy atom. The number of rotatable bonds is 7. The first-order valence-electron chi connectivity index (χ1n) is 9.24. The number of hydrogen-bond acceptors (Lipinski definition) is 3. The van der Waals surface area contributed by atoms with Crippen LogP contribution in [0.25, 0.3) is 0 Å². The second-order valence-corrected chi connectivity index (χ2v) is 6.87. The summed E-state index contributed by atoms with van der Waals surface area (Å²) in [6, 6.07) is 13.3. The summed E-state index contributed by atoms with van der Waals surface area (Å²) >= 11 is 0. The van der Waals surface area contributed by atoms with Crippen molar-refractivity contribution in [2.24, 2.45) is 0 Å². The monoisotopic (exact) mass is 360 g/mol. The number of aliphatic hydroxyl groups excluding tert-OH is 1. The Balaban J connectivity index is 1.69. The van der Waals surface area contributed by atoms with Crippen molar-refractivity contribution in [3.63, 3.8) is 0 Å². The van der Waals surface area contributed by atoms with Crippen LogP contribution in [0.5, 0.6) is 0 Å². The van der Waals surface area contributed by atoms with E-state index in [0.29, 0.717) is 0 Å². The van der Waals surface area contributed by atoms with Crippen LogP contribution in [0.15, 0.2) is 48.5 Å². The smallest absolute Gasteiger partial charge is 0.123 e. The highest BCUT2D eigenvalue weighted by atomic mass is 19.1. The predicted octanol–water partition coefficient (Wildman–Crippen LogP) is 3.14. The molecule has 1 saturated heterocycles. The van der Waals surface area contributed by atoms with Gasteiger partial charge in [0, 0.05) is 31.6 Å². The van der Waals surface area contributed by atoms with E-state index in [4.69, 9.17) is 0 Å². The summed E-state index contributed by atoms with van der Waals surface area (Å²) in [7, 11) is 0. The Morgan fingerprint density at radius 1 is 1.00 bits per heavy atom. The fourth-order valence-corrected chi connectivity index (χ4v) is 3.69. The molecule has 1 atom stereocenters. The Hall–Kier alpha value is -1.82. The van der Waals surface area contributed by atoms with Crippen LogP contribution in [0.3, 0.4) is 0 Å². The molecule has 0 spiro atoms. The van der Waals surface area contributed by atoms with Crippen molar-refractivity contribution in [1.29, 1.82) is 0 Å². The van der Waals surface area contributed by atoms with Gasteiger partial charge in [-0.1, -0.05) is 24.3 Å². The van der Waals surface area contributed by atoms with E-state index < -0.39 is 0 Å². The Kier molecular flexibility index (Phi) is 6.72. The zero-order valence-corrected chi connectivity index (χ0v) is 14.9. The van der Waals surface area contributed by atoms with Crippen molar-refractivity contribution < 1.29 is 13.9 Å². The fourth-order valence-electron chi connectivity index (χ4n) is 3.69. The van der Waals surface area contributed by atoms with E-state index >= 15 is 0 Å². The fraction of sp³-hybridized carbons (Fsp3) is 0.429. The lowest BCUT2D eigenvalue weighted by Crippen LogP contribution is -2.53. The Labute approximate surface area is 153 Å². The lowest BCUT2D eigenvalue weighted by molar-refractivity contribution is 0.0988. The molecule has 1 heterocycles. The predicted molar refractivity (Wildman–Crippen MR) is 99.2 cm³/mol. The van der Waals surface area contributed by atoms with Crippen LogP contribution >= 0.6 is 0 Å². The van der Waals surface area contributed by atoms with Gasteiger partial charge in [-0.2, -0.15) is 0 Å². The highest BCUT2D eigenvalue weighted by Gasteiger charge is 2.22. The van der Waals surface area contributed by atoms with Crippen molar-refractivity contribution in [3.05, 3.63) is 71.3 Å². The molecule has 2 N–H and O–H groups in total. The third-order valence-corrected chi connectivity index (χ3v) is 5.17. The first kappa shape index (κ1) is 19.0. The van der Waals surface area contributed by atoms with Crippen molar-refractivity contribution in [2.75, 3.05) is 32.8 Å². The third-order valence-electron chi connectivity index (χ3n) is 5.17. The summed E-state index contributed by atoms with van der Waals surface area (Å²) in [5.74, 6) is -0.400. The molecule has 0 radical (unpaired) electrons. The van der Waals surface area contributed by atoms with Gasteiger partial charge in [0.15, 0.2) is 0 Å². The number of hydrogen-bond donors (Lipinski definition) is 2. The number of nitrogens with zero attached hydrogens (tertiary/aromatic N) is 1. The van der Waals surface area contributed by atoms with Gasteiger partial charge < -0.3 is 10.4 Å². The molecule has 1 fully saturated rings. The number of benzene rings is 2. The minimum absolute atomic E-state index is 0.103. The van der Waals surface area contributed by atoms with Gasteiger partial charge in [0.2, 0.25) is 0 Å². The Morgan fingerprint density at radius 2 is 1.58 bits per heavy atom. The second-order valence-electron chi connectivity index (χ2n) is 6.87. The number of nitrogens with one attached hydrogen (secondary N) is 1. The summed E-state index contributed by atoms with van der Waals surface area (Å²) < 4.78 is 26.6. The van der Waals surface area contributed by atoms with Gasteiger partial charge in [-0.15, -0.1) is 0 Å². The molecule has 0 aliphatic carbocycles. The van der Waals surface area contributed by atoms with Crippen molar-refractivity contribution >= 4 is 0 Å². The van der Waals surface area contributed by atoms with Crippen LogP contribution in [-0.4, -0.2) is 48.8 Å². The van der Waals surface area contributed by atoms with Gasteiger partial charge in [0.25, 0.3) is 0 Å². The zero-order chi connectivity index (χ0) is 18.4. The van der Waals surface area contributed by atoms with E-state index in [1.807, 2.05) is 24.3 Å². The van der Waals surface area contributed by atoms with E-state index in [0.717, 1.165) is 50.1 Å². The first-order valence-corrected chi connectivity index (χ1v) is 9.24. The molecular weight excluding hydrogens is 334 g/mol. The molecule has 0 aromatic heterocycles. The van der Waals surface area contributed by atoms with Crippen LogP contribution in [0, 0.1) is 11.6 Å². The summed E-state index contributed by atoms with van der Waals surface area (Å²) in [6.07, 6.45) is 1.84. The molecule has 2 aromatic carbocycles. The topological polar surface area (TPSA) is 35.5 Å². The van der Waals surface area contributed by atoms with Crippen molar-refractivity contribution in [1.82, 2.24) is 10.2 Å². The Bertz CT molecular complexity index is 630. The largest absolute Gasteiger partial charge is 0.395 e. The van der Waals surface area contributed by atoms with Crippen LogP contribution in [-0.2, 0) is 0 Å². The standard InChI is InChI=1S/C21H26F2N2O/c22-18-7-3-16(4-8-18)21(17-5-9-19(23)10-6-17)2-1-12-25-13-11-24-14-20(25)15-26/h3-10,20-21,24,26H,1-2,11-15H2.